The first-order chi connectivity index (χ1) is 14.6. The van der Waals surface area contributed by atoms with Crippen LogP contribution in [-0.4, -0.2) is 42.1 Å². The molecule has 3 aromatic heterocycles. The first-order valence-electron chi connectivity index (χ1n) is 9.91. The number of carbonyl (C=O) groups excluding carboxylic acids is 2. The van der Waals surface area contributed by atoms with E-state index < -0.39 is 17.6 Å². The SMILES string of the molecule is CC(C(=O)Nc1cc(C2CC2)n(C(=O)OC(C)(C)C)n1)c1cnn(-c2nc(Cl)cs2)c1. The Hall–Kier alpha value is -2.72. The van der Waals surface area contributed by atoms with Gasteiger partial charge in [0.2, 0.25) is 11.0 Å². The van der Waals surface area contributed by atoms with Gasteiger partial charge in [-0.3, -0.25) is 4.79 Å². The number of amides is 1. The second-order valence-electron chi connectivity index (χ2n) is 8.50. The zero-order valence-corrected chi connectivity index (χ0v) is 19.2. The summed E-state index contributed by atoms with van der Waals surface area (Å²) in [4.78, 5) is 29.5. The summed E-state index contributed by atoms with van der Waals surface area (Å²) in [7, 11) is 0. The number of ether oxygens (including phenoxy) is 1. The maximum absolute atomic E-state index is 12.8. The van der Waals surface area contributed by atoms with E-state index in [1.165, 1.54) is 16.0 Å². The lowest BCUT2D eigenvalue weighted by Crippen LogP contribution is -2.28. The molecule has 0 spiro atoms. The van der Waals surface area contributed by atoms with Gasteiger partial charge in [-0.2, -0.15) is 9.78 Å². The zero-order valence-electron chi connectivity index (χ0n) is 17.6. The van der Waals surface area contributed by atoms with E-state index in [1.54, 1.807) is 56.2 Å². The lowest BCUT2D eigenvalue weighted by molar-refractivity contribution is -0.117. The van der Waals surface area contributed by atoms with E-state index >= 15 is 0 Å². The third-order valence-electron chi connectivity index (χ3n) is 4.71. The third-order valence-corrected chi connectivity index (χ3v) is 5.86. The van der Waals surface area contributed by atoms with Crippen LogP contribution in [0.25, 0.3) is 5.13 Å². The molecule has 31 heavy (non-hydrogen) atoms. The molecule has 1 aliphatic carbocycles. The Kier molecular flexibility index (Phi) is 5.61. The highest BCUT2D eigenvalue weighted by molar-refractivity contribution is 7.12. The van der Waals surface area contributed by atoms with Crippen LogP contribution >= 0.6 is 22.9 Å². The van der Waals surface area contributed by atoms with Gasteiger partial charge in [0.1, 0.15) is 10.8 Å². The summed E-state index contributed by atoms with van der Waals surface area (Å²) in [6.07, 6.45) is 4.78. The molecule has 3 heterocycles. The Morgan fingerprint density at radius 1 is 1.35 bits per heavy atom. The molecular weight excluding hydrogens is 440 g/mol. The van der Waals surface area contributed by atoms with Crippen molar-refractivity contribution in [2.75, 3.05) is 5.32 Å². The van der Waals surface area contributed by atoms with Crippen LogP contribution in [-0.2, 0) is 9.53 Å². The van der Waals surface area contributed by atoms with Gasteiger partial charge >= 0.3 is 6.09 Å². The second-order valence-corrected chi connectivity index (χ2v) is 9.73. The molecule has 0 bridgehead atoms. The normalized spacial score (nSPS) is 15.0. The van der Waals surface area contributed by atoms with Crippen LogP contribution in [0.2, 0.25) is 5.15 Å². The van der Waals surface area contributed by atoms with Crippen LogP contribution < -0.4 is 5.32 Å². The molecule has 3 aromatic rings. The van der Waals surface area contributed by atoms with E-state index in [2.05, 4.69) is 20.5 Å². The van der Waals surface area contributed by atoms with Crippen LogP contribution in [0.3, 0.4) is 0 Å². The Balaban J connectivity index is 1.49. The van der Waals surface area contributed by atoms with Gasteiger partial charge < -0.3 is 10.1 Å². The Bertz CT molecular complexity index is 1120. The van der Waals surface area contributed by atoms with Gasteiger partial charge in [0.05, 0.1) is 17.8 Å². The molecule has 11 heteroatoms. The van der Waals surface area contributed by atoms with E-state index in [4.69, 9.17) is 16.3 Å². The fourth-order valence-corrected chi connectivity index (χ4v) is 3.86. The van der Waals surface area contributed by atoms with Crippen LogP contribution in [0.5, 0.6) is 0 Å². The first kappa shape index (κ1) is 21.5. The van der Waals surface area contributed by atoms with Gasteiger partial charge in [0.25, 0.3) is 0 Å². The van der Waals surface area contributed by atoms with E-state index in [-0.39, 0.29) is 11.8 Å². The summed E-state index contributed by atoms with van der Waals surface area (Å²) in [5.41, 5.74) is 0.840. The van der Waals surface area contributed by atoms with Gasteiger partial charge in [-0.25, -0.2) is 14.5 Å². The predicted molar refractivity (Wildman–Crippen MR) is 117 cm³/mol. The summed E-state index contributed by atoms with van der Waals surface area (Å²) >= 11 is 7.23. The number of hydrogen-bond donors (Lipinski definition) is 1. The largest absolute Gasteiger partial charge is 0.442 e. The van der Waals surface area contributed by atoms with Gasteiger partial charge in [0, 0.05) is 29.1 Å². The summed E-state index contributed by atoms with van der Waals surface area (Å²) in [6.45, 7) is 7.18. The number of hydrogen-bond acceptors (Lipinski definition) is 7. The van der Waals surface area contributed by atoms with Crippen molar-refractivity contribution < 1.29 is 14.3 Å². The van der Waals surface area contributed by atoms with Crippen LogP contribution in [0.15, 0.2) is 23.8 Å². The number of aromatic nitrogens is 5. The highest BCUT2D eigenvalue weighted by atomic mass is 35.5. The fourth-order valence-electron chi connectivity index (χ4n) is 2.98. The molecular formula is C20H23ClN6O3S. The summed E-state index contributed by atoms with van der Waals surface area (Å²) in [5, 5.41) is 14.1. The molecule has 1 atom stereocenters. The number of nitrogens with one attached hydrogen (secondary N) is 1. The van der Waals surface area contributed by atoms with E-state index in [9.17, 15) is 9.59 Å². The van der Waals surface area contributed by atoms with Crippen molar-refractivity contribution in [3.05, 3.63) is 40.3 Å². The molecule has 1 fully saturated rings. The van der Waals surface area contributed by atoms with Crippen molar-refractivity contribution in [3.8, 4) is 5.13 Å². The first-order valence-corrected chi connectivity index (χ1v) is 11.2. The monoisotopic (exact) mass is 462 g/mol. The van der Waals surface area contributed by atoms with Crippen LogP contribution in [0, 0.1) is 0 Å². The Labute approximate surface area is 188 Å². The Morgan fingerprint density at radius 3 is 2.71 bits per heavy atom. The molecule has 0 aliphatic heterocycles. The molecule has 4 rings (SSSR count). The van der Waals surface area contributed by atoms with E-state index in [0.29, 0.717) is 16.1 Å². The maximum atomic E-state index is 12.8. The lowest BCUT2D eigenvalue weighted by Gasteiger charge is -2.19. The molecule has 1 unspecified atom stereocenters. The van der Waals surface area contributed by atoms with Crippen molar-refractivity contribution >= 4 is 40.8 Å². The number of carbonyl (C=O) groups is 2. The average molecular weight is 463 g/mol. The van der Waals surface area contributed by atoms with Crippen molar-refractivity contribution in [2.24, 2.45) is 0 Å². The molecule has 1 N–H and O–H groups in total. The van der Waals surface area contributed by atoms with Gasteiger partial charge in [-0.05, 0) is 40.5 Å². The van der Waals surface area contributed by atoms with Gasteiger partial charge in [-0.15, -0.1) is 16.4 Å². The predicted octanol–water partition coefficient (Wildman–Crippen LogP) is 4.58. The van der Waals surface area contributed by atoms with Crippen molar-refractivity contribution in [1.29, 1.82) is 0 Å². The zero-order chi connectivity index (χ0) is 22.3. The standard InChI is InChI=1S/C20H23ClN6O3S/c1-11(13-8-22-26(9-13)18-23-15(21)10-31-18)17(28)24-16-7-14(12-5-6-12)27(25-16)19(29)30-20(2,3)4/h7-12H,5-6H2,1-4H3,(H,24,25,28). The molecule has 164 valence electrons. The van der Waals surface area contributed by atoms with Crippen LogP contribution in [0.1, 0.15) is 63.6 Å². The summed E-state index contributed by atoms with van der Waals surface area (Å²) < 4.78 is 8.29. The Morgan fingerprint density at radius 2 is 2.10 bits per heavy atom. The van der Waals surface area contributed by atoms with Gasteiger partial charge in [0.15, 0.2) is 5.82 Å². The molecule has 0 aromatic carbocycles. The number of nitrogens with zero attached hydrogens (tertiary/aromatic N) is 5. The molecule has 1 saturated carbocycles. The highest BCUT2D eigenvalue weighted by Crippen LogP contribution is 2.41. The van der Waals surface area contributed by atoms with Crippen LogP contribution in [0.4, 0.5) is 10.6 Å². The second kappa shape index (κ2) is 8.08. The van der Waals surface area contributed by atoms with Crippen molar-refractivity contribution in [3.63, 3.8) is 0 Å². The van der Waals surface area contributed by atoms with E-state index in [0.717, 1.165) is 24.1 Å². The minimum absolute atomic E-state index is 0.256. The van der Waals surface area contributed by atoms with E-state index in [1.807, 2.05) is 0 Å². The summed E-state index contributed by atoms with van der Waals surface area (Å²) in [5.74, 6) is -0.164. The summed E-state index contributed by atoms with van der Waals surface area (Å²) in [6, 6.07) is 1.74. The average Bonchev–Trinajstić information content (AvgIpc) is 3.07. The fraction of sp³-hybridized carbons (Fsp3) is 0.450. The van der Waals surface area contributed by atoms with Crippen molar-refractivity contribution in [1.82, 2.24) is 24.5 Å². The smallest absolute Gasteiger partial charge is 0.435 e. The molecule has 0 saturated heterocycles. The van der Waals surface area contributed by atoms with Crippen molar-refractivity contribution in [2.45, 2.75) is 58.0 Å². The topological polar surface area (TPSA) is 104 Å². The highest BCUT2D eigenvalue weighted by Gasteiger charge is 2.32. The molecule has 0 radical (unpaired) electrons. The lowest BCUT2D eigenvalue weighted by atomic mass is 10.0. The third kappa shape index (κ3) is 4.96. The molecule has 9 nitrogen and oxygen atoms in total. The number of thiazole rings is 1. The number of anilines is 1. The van der Waals surface area contributed by atoms with Gasteiger partial charge in [-0.1, -0.05) is 11.6 Å². The molecule has 1 amide bonds. The molecule has 1 aliphatic rings. The minimum atomic E-state index is -0.635. The maximum Gasteiger partial charge on any atom is 0.435 e. The number of rotatable bonds is 5. The quantitative estimate of drug-likeness (QED) is 0.595. The minimum Gasteiger partial charge on any atom is -0.442 e. The number of halogens is 1.